The molecule has 0 aromatic heterocycles. The third-order valence-electron chi connectivity index (χ3n) is 4.90. The lowest BCUT2D eigenvalue weighted by Gasteiger charge is -2.08. The minimum atomic E-state index is -3.59. The molecular formula is C22H38O4S. The SMILES string of the molecule is CCCCCCCCCCCCCCCS(=O)(=O)Oc1ccc(C)c(O)c1. The summed E-state index contributed by atoms with van der Waals surface area (Å²) in [5.74, 6) is 0.246. The number of benzene rings is 1. The van der Waals surface area contributed by atoms with Gasteiger partial charge in [0.1, 0.15) is 11.5 Å². The zero-order valence-corrected chi connectivity index (χ0v) is 18.0. The van der Waals surface area contributed by atoms with Crippen LogP contribution in [0.2, 0.25) is 0 Å². The Morgan fingerprint density at radius 2 is 1.30 bits per heavy atom. The first kappa shape index (κ1) is 23.8. The Labute approximate surface area is 166 Å². The van der Waals surface area contributed by atoms with Gasteiger partial charge in [0.2, 0.25) is 0 Å². The van der Waals surface area contributed by atoms with Gasteiger partial charge in [-0.05, 0) is 25.0 Å². The summed E-state index contributed by atoms with van der Waals surface area (Å²) in [6, 6.07) is 4.55. The Hall–Kier alpha value is -1.23. The van der Waals surface area contributed by atoms with Gasteiger partial charge in [-0.3, -0.25) is 0 Å². The molecule has 0 saturated carbocycles. The molecular weight excluding hydrogens is 360 g/mol. The van der Waals surface area contributed by atoms with Crippen LogP contribution in [0.3, 0.4) is 0 Å². The first-order valence-corrected chi connectivity index (χ1v) is 12.2. The van der Waals surface area contributed by atoms with Crippen molar-refractivity contribution in [2.24, 2.45) is 0 Å². The maximum absolute atomic E-state index is 12.0. The summed E-state index contributed by atoms with van der Waals surface area (Å²) in [6.07, 6.45) is 15.9. The van der Waals surface area contributed by atoms with Gasteiger partial charge >= 0.3 is 10.1 Å². The molecule has 4 nitrogen and oxygen atoms in total. The van der Waals surface area contributed by atoms with Crippen LogP contribution in [0.4, 0.5) is 0 Å². The first-order valence-electron chi connectivity index (χ1n) is 10.7. The van der Waals surface area contributed by atoms with Crippen molar-refractivity contribution in [3.05, 3.63) is 23.8 Å². The van der Waals surface area contributed by atoms with E-state index in [1.54, 1.807) is 19.1 Å². The number of phenolic OH excluding ortho intramolecular Hbond substituents is 1. The third-order valence-corrected chi connectivity index (χ3v) is 6.14. The molecule has 1 aromatic rings. The summed E-state index contributed by atoms with van der Waals surface area (Å²) < 4.78 is 29.0. The fourth-order valence-electron chi connectivity index (χ4n) is 3.13. The van der Waals surface area contributed by atoms with Crippen LogP contribution in [0, 0.1) is 6.92 Å². The van der Waals surface area contributed by atoms with E-state index in [1.807, 2.05) is 0 Å². The molecule has 0 radical (unpaired) electrons. The monoisotopic (exact) mass is 398 g/mol. The Balaban J connectivity index is 2.01. The molecule has 1 N–H and O–H groups in total. The van der Waals surface area contributed by atoms with Gasteiger partial charge in [0.05, 0.1) is 5.75 Å². The number of aryl methyl sites for hydroxylation is 1. The summed E-state index contributed by atoms with van der Waals surface area (Å²) >= 11 is 0. The number of hydrogen-bond donors (Lipinski definition) is 1. The molecule has 0 bridgehead atoms. The molecule has 5 heteroatoms. The van der Waals surface area contributed by atoms with Crippen LogP contribution in [-0.4, -0.2) is 19.3 Å². The summed E-state index contributed by atoms with van der Waals surface area (Å²) in [5, 5.41) is 9.62. The van der Waals surface area contributed by atoms with Crippen molar-refractivity contribution >= 4 is 10.1 Å². The van der Waals surface area contributed by atoms with Crippen LogP contribution >= 0.6 is 0 Å². The molecule has 0 saturated heterocycles. The van der Waals surface area contributed by atoms with Crippen molar-refractivity contribution in [1.29, 1.82) is 0 Å². The number of hydrogen-bond acceptors (Lipinski definition) is 4. The molecule has 0 aliphatic carbocycles. The highest BCUT2D eigenvalue weighted by atomic mass is 32.2. The lowest BCUT2D eigenvalue weighted by atomic mass is 10.1. The molecule has 1 aromatic carbocycles. The van der Waals surface area contributed by atoms with Gasteiger partial charge in [0.15, 0.2) is 0 Å². The molecule has 1 rings (SSSR count). The molecule has 0 aliphatic rings. The lowest BCUT2D eigenvalue weighted by molar-refractivity contribution is 0.459. The van der Waals surface area contributed by atoms with Crippen LogP contribution in [0.15, 0.2) is 18.2 Å². The van der Waals surface area contributed by atoms with Crippen LogP contribution in [0.1, 0.15) is 96.0 Å². The molecule has 0 unspecified atom stereocenters. The van der Waals surface area contributed by atoms with Crippen LogP contribution in [0.25, 0.3) is 0 Å². The smallest absolute Gasteiger partial charge is 0.309 e. The summed E-state index contributed by atoms with van der Waals surface area (Å²) in [5.41, 5.74) is 0.691. The standard InChI is InChI=1S/C22H38O4S/c1-3-4-5-6-7-8-9-10-11-12-13-14-15-18-27(24,25)26-21-17-16-20(2)22(23)19-21/h16-17,19,23H,3-15,18H2,1-2H3. The second-order valence-corrected chi connectivity index (χ2v) is 9.23. The van der Waals surface area contributed by atoms with E-state index in [-0.39, 0.29) is 17.3 Å². The molecule has 156 valence electrons. The zero-order chi connectivity index (χ0) is 20.0. The zero-order valence-electron chi connectivity index (χ0n) is 17.2. The quantitative estimate of drug-likeness (QED) is 0.255. The highest BCUT2D eigenvalue weighted by Crippen LogP contribution is 2.24. The Kier molecular flexibility index (Phi) is 12.2. The highest BCUT2D eigenvalue weighted by Gasteiger charge is 2.13. The molecule has 0 atom stereocenters. The van der Waals surface area contributed by atoms with Gasteiger partial charge in [0, 0.05) is 6.07 Å². The van der Waals surface area contributed by atoms with Crippen molar-refractivity contribution in [3.63, 3.8) is 0 Å². The average molecular weight is 399 g/mol. The molecule has 0 aliphatic heterocycles. The summed E-state index contributed by atoms with van der Waals surface area (Å²) in [4.78, 5) is 0. The van der Waals surface area contributed by atoms with Crippen molar-refractivity contribution in [2.75, 3.05) is 5.75 Å². The largest absolute Gasteiger partial charge is 0.508 e. The summed E-state index contributed by atoms with van der Waals surface area (Å²) in [7, 11) is -3.59. The topological polar surface area (TPSA) is 63.6 Å². The van der Waals surface area contributed by atoms with Crippen molar-refractivity contribution in [3.8, 4) is 11.5 Å². The van der Waals surface area contributed by atoms with Gasteiger partial charge in [-0.25, -0.2) is 0 Å². The van der Waals surface area contributed by atoms with E-state index in [0.717, 1.165) is 12.8 Å². The molecule has 0 heterocycles. The second-order valence-electron chi connectivity index (χ2n) is 7.54. The van der Waals surface area contributed by atoms with Crippen molar-refractivity contribution < 1.29 is 17.7 Å². The van der Waals surface area contributed by atoms with Crippen LogP contribution < -0.4 is 4.18 Å². The number of aromatic hydroxyl groups is 1. The van der Waals surface area contributed by atoms with Gasteiger partial charge in [-0.2, -0.15) is 8.42 Å². The van der Waals surface area contributed by atoms with Gasteiger partial charge in [0.25, 0.3) is 0 Å². The van der Waals surface area contributed by atoms with Gasteiger partial charge < -0.3 is 9.29 Å². The van der Waals surface area contributed by atoms with E-state index in [0.29, 0.717) is 12.0 Å². The van der Waals surface area contributed by atoms with E-state index in [2.05, 4.69) is 6.92 Å². The van der Waals surface area contributed by atoms with Crippen molar-refractivity contribution in [1.82, 2.24) is 0 Å². The predicted molar refractivity (Wildman–Crippen MR) is 113 cm³/mol. The van der Waals surface area contributed by atoms with Gasteiger partial charge in [-0.1, -0.05) is 90.0 Å². The average Bonchev–Trinajstić information content (AvgIpc) is 2.62. The maximum Gasteiger partial charge on any atom is 0.309 e. The third kappa shape index (κ3) is 12.0. The number of unbranched alkanes of at least 4 members (excludes halogenated alkanes) is 12. The molecule has 0 amide bonds. The molecule has 0 spiro atoms. The van der Waals surface area contributed by atoms with Crippen LogP contribution in [0.5, 0.6) is 11.5 Å². The predicted octanol–water partition coefficient (Wildman–Crippen LogP) is 6.50. The van der Waals surface area contributed by atoms with E-state index in [4.69, 9.17) is 4.18 Å². The van der Waals surface area contributed by atoms with Crippen LogP contribution in [-0.2, 0) is 10.1 Å². The lowest BCUT2D eigenvalue weighted by Crippen LogP contribution is -2.13. The minimum Gasteiger partial charge on any atom is -0.508 e. The van der Waals surface area contributed by atoms with E-state index in [1.165, 1.54) is 70.3 Å². The van der Waals surface area contributed by atoms with Crippen molar-refractivity contribution in [2.45, 2.75) is 97.3 Å². The molecule has 27 heavy (non-hydrogen) atoms. The fraction of sp³-hybridized carbons (Fsp3) is 0.727. The molecule has 0 fully saturated rings. The Morgan fingerprint density at radius 3 is 1.78 bits per heavy atom. The number of rotatable bonds is 16. The van der Waals surface area contributed by atoms with Gasteiger partial charge in [-0.15, -0.1) is 0 Å². The summed E-state index contributed by atoms with van der Waals surface area (Å²) in [6.45, 7) is 4.00. The highest BCUT2D eigenvalue weighted by molar-refractivity contribution is 7.87. The second kappa shape index (κ2) is 13.9. The number of phenols is 1. The maximum atomic E-state index is 12.0. The van der Waals surface area contributed by atoms with E-state index in [9.17, 15) is 13.5 Å². The first-order chi connectivity index (χ1) is 12.9. The van der Waals surface area contributed by atoms with E-state index < -0.39 is 10.1 Å². The van der Waals surface area contributed by atoms with E-state index >= 15 is 0 Å². The normalized spacial score (nSPS) is 11.6. The fourth-order valence-corrected chi connectivity index (χ4v) is 4.16. The minimum absolute atomic E-state index is 0.0272. The Morgan fingerprint density at radius 1 is 0.815 bits per heavy atom. The Bertz CT molecular complexity index is 611.